The number of amides is 3. The number of piperidine rings is 1. The molecule has 2 saturated heterocycles. The van der Waals surface area contributed by atoms with E-state index in [2.05, 4.69) is 5.32 Å². The third kappa shape index (κ3) is 5.88. The molecule has 0 aromatic heterocycles. The van der Waals surface area contributed by atoms with Crippen LogP contribution in [0.3, 0.4) is 0 Å². The quantitative estimate of drug-likeness (QED) is 0.322. The Morgan fingerprint density at radius 2 is 1.56 bits per heavy atom. The van der Waals surface area contributed by atoms with Gasteiger partial charge in [-0.2, -0.15) is 4.31 Å². The molecule has 0 radical (unpaired) electrons. The molecule has 13 heteroatoms. The number of hydrogen-bond acceptors (Lipinski definition) is 6. The molecule has 2 aromatic carbocycles. The Bertz CT molecular complexity index is 1440. The van der Waals surface area contributed by atoms with Gasteiger partial charge in [-0.05, 0) is 61.8 Å². The van der Waals surface area contributed by atoms with E-state index < -0.39 is 51.2 Å². The zero-order valence-corrected chi connectivity index (χ0v) is 23.0. The van der Waals surface area contributed by atoms with Crippen molar-refractivity contribution in [2.45, 2.75) is 56.7 Å². The van der Waals surface area contributed by atoms with Crippen LogP contribution in [0.4, 0.5) is 13.2 Å². The lowest BCUT2D eigenvalue weighted by Crippen LogP contribution is -2.51. The van der Waals surface area contributed by atoms with E-state index in [-0.39, 0.29) is 55.2 Å². The number of carbonyl (C=O) groups excluding carboxylic acids is 3. The fourth-order valence-electron chi connectivity index (χ4n) is 6.29. The molecule has 3 aliphatic rings. The molecule has 4 atom stereocenters. The van der Waals surface area contributed by atoms with Crippen LogP contribution in [0.5, 0.6) is 0 Å². The maximum absolute atomic E-state index is 14.1. The fourth-order valence-corrected chi connectivity index (χ4v) is 8.15. The molecule has 3 N–H and O–H groups in total. The molecule has 3 heterocycles. The second kappa shape index (κ2) is 11.5. The maximum Gasteiger partial charge on any atom is 0.261 e. The van der Waals surface area contributed by atoms with Gasteiger partial charge in [-0.25, -0.2) is 21.6 Å². The fraction of sp³-hybridized carbons (Fsp3) is 0.464. The molecule has 2 fully saturated rings. The molecule has 5 rings (SSSR count). The molecule has 2 aromatic rings. The molecule has 0 spiro atoms. The van der Waals surface area contributed by atoms with E-state index in [0.29, 0.717) is 42.9 Å². The minimum atomic E-state index is -3.72. The minimum absolute atomic E-state index is 0.00658. The van der Waals surface area contributed by atoms with Crippen molar-refractivity contribution in [2.24, 2.45) is 11.7 Å². The molecule has 9 nitrogen and oxygen atoms in total. The first kappa shape index (κ1) is 29.2. The molecule has 220 valence electrons. The summed E-state index contributed by atoms with van der Waals surface area (Å²) in [6.45, 7) is -0.241. The molecule has 2 bridgehead atoms. The van der Waals surface area contributed by atoms with E-state index in [0.717, 1.165) is 11.0 Å². The van der Waals surface area contributed by atoms with Gasteiger partial charge in [0.2, 0.25) is 15.9 Å². The van der Waals surface area contributed by atoms with Crippen LogP contribution in [0.15, 0.2) is 36.4 Å². The number of sulfonamides is 1. The van der Waals surface area contributed by atoms with Crippen molar-refractivity contribution in [1.29, 1.82) is 0 Å². The van der Waals surface area contributed by atoms with Crippen LogP contribution in [0.2, 0.25) is 0 Å². The summed E-state index contributed by atoms with van der Waals surface area (Å²) in [6, 6.07) is 6.61. The first-order valence-electron chi connectivity index (χ1n) is 13.6. The number of hydrogen-bond donors (Lipinski definition) is 2. The Morgan fingerprint density at radius 3 is 2.17 bits per heavy atom. The molecule has 0 aliphatic carbocycles. The summed E-state index contributed by atoms with van der Waals surface area (Å²) in [4.78, 5) is 38.3. The third-order valence-corrected chi connectivity index (χ3v) is 10.3. The zero-order valence-electron chi connectivity index (χ0n) is 22.2. The smallest absolute Gasteiger partial charge is 0.261 e. The number of nitrogens with zero attached hydrogens (tertiary/aromatic N) is 2. The van der Waals surface area contributed by atoms with Crippen LogP contribution < -0.4 is 11.1 Å². The lowest BCUT2D eigenvalue weighted by molar-refractivity contribution is -0.121. The van der Waals surface area contributed by atoms with Gasteiger partial charge < -0.3 is 11.1 Å². The Kier molecular flexibility index (Phi) is 8.22. The number of nitrogens with one attached hydrogen (secondary N) is 1. The SMILES string of the molecule is N[C@H](Cc1cc(F)c(F)cc1F)[C@@H]1C[C@H]2CC[C@@H](C1)N2S(=O)(=O)CCNC(=O)CCN1C(=O)c2ccccc2C1=O. The number of imide groups is 1. The van der Waals surface area contributed by atoms with Crippen molar-refractivity contribution in [3.63, 3.8) is 0 Å². The monoisotopic (exact) mass is 592 g/mol. The Balaban J connectivity index is 1.10. The highest BCUT2D eigenvalue weighted by atomic mass is 32.2. The van der Waals surface area contributed by atoms with Gasteiger partial charge in [0.1, 0.15) is 5.82 Å². The van der Waals surface area contributed by atoms with Crippen LogP contribution in [0, 0.1) is 23.4 Å². The summed E-state index contributed by atoms with van der Waals surface area (Å²) in [5.74, 6) is -5.12. The Labute approximate surface area is 235 Å². The normalized spacial score (nSPS) is 23.1. The third-order valence-electron chi connectivity index (χ3n) is 8.30. The predicted octanol–water partition coefficient (Wildman–Crippen LogP) is 2.35. The van der Waals surface area contributed by atoms with Crippen LogP contribution in [-0.4, -0.2) is 72.3 Å². The number of nitrogens with two attached hydrogens (primary N) is 1. The lowest BCUT2D eigenvalue weighted by atomic mass is 9.83. The van der Waals surface area contributed by atoms with E-state index >= 15 is 0 Å². The van der Waals surface area contributed by atoms with Gasteiger partial charge >= 0.3 is 0 Å². The predicted molar refractivity (Wildman–Crippen MR) is 143 cm³/mol. The van der Waals surface area contributed by atoms with Gasteiger partial charge in [-0.15, -0.1) is 0 Å². The molecule has 0 unspecified atom stereocenters. The topological polar surface area (TPSA) is 130 Å². The summed E-state index contributed by atoms with van der Waals surface area (Å²) < 4.78 is 68.9. The molecule has 0 saturated carbocycles. The van der Waals surface area contributed by atoms with E-state index in [1.54, 1.807) is 24.3 Å². The lowest BCUT2D eigenvalue weighted by Gasteiger charge is -2.40. The van der Waals surface area contributed by atoms with Crippen molar-refractivity contribution in [2.75, 3.05) is 18.8 Å². The number of fused-ring (bicyclic) bond motifs is 3. The van der Waals surface area contributed by atoms with Crippen molar-refractivity contribution in [1.82, 2.24) is 14.5 Å². The highest BCUT2D eigenvalue weighted by molar-refractivity contribution is 7.89. The second-order valence-electron chi connectivity index (χ2n) is 10.9. The molecule has 3 aliphatic heterocycles. The maximum atomic E-state index is 14.1. The second-order valence-corrected chi connectivity index (χ2v) is 12.9. The standard InChI is InChI=1S/C28H31F3N4O5S/c29-22-15-24(31)23(30)13-16(22)14-25(32)17-11-18-5-6-19(12-17)35(18)41(39,40)10-8-33-26(36)7-9-34-27(37)20-3-1-2-4-21(20)28(34)38/h1-4,13,15,17-19,25H,5-12,14,32H2,(H,33,36)/t17-,18-,19+,25-/m1/s1. The van der Waals surface area contributed by atoms with Crippen molar-refractivity contribution < 1.29 is 36.0 Å². The summed E-state index contributed by atoms with van der Waals surface area (Å²) in [6.07, 6.45) is 2.09. The summed E-state index contributed by atoms with van der Waals surface area (Å²) >= 11 is 0. The largest absolute Gasteiger partial charge is 0.355 e. The summed E-state index contributed by atoms with van der Waals surface area (Å²) in [5, 5.41) is 2.56. The molecular formula is C28H31F3N4O5S. The number of rotatable bonds is 10. The molecule has 3 amide bonds. The van der Waals surface area contributed by atoms with Gasteiger partial charge in [-0.3, -0.25) is 19.3 Å². The highest BCUT2D eigenvalue weighted by Gasteiger charge is 2.47. The van der Waals surface area contributed by atoms with Crippen LogP contribution >= 0.6 is 0 Å². The van der Waals surface area contributed by atoms with Crippen LogP contribution in [-0.2, 0) is 21.2 Å². The minimum Gasteiger partial charge on any atom is -0.355 e. The first-order valence-corrected chi connectivity index (χ1v) is 15.2. The van der Waals surface area contributed by atoms with Crippen molar-refractivity contribution in [3.8, 4) is 0 Å². The Hall–Kier alpha value is -3.29. The zero-order chi connectivity index (χ0) is 29.5. The average Bonchev–Trinajstić information content (AvgIpc) is 3.35. The van der Waals surface area contributed by atoms with Gasteiger partial charge in [0.15, 0.2) is 11.6 Å². The van der Waals surface area contributed by atoms with Gasteiger partial charge in [-0.1, -0.05) is 12.1 Å². The Morgan fingerprint density at radius 1 is 0.976 bits per heavy atom. The molecular weight excluding hydrogens is 561 g/mol. The number of benzene rings is 2. The summed E-state index contributed by atoms with van der Waals surface area (Å²) in [5.41, 5.74) is 6.90. The van der Waals surface area contributed by atoms with E-state index in [9.17, 15) is 36.0 Å². The first-order chi connectivity index (χ1) is 19.5. The average molecular weight is 593 g/mol. The van der Waals surface area contributed by atoms with Crippen LogP contribution in [0.1, 0.15) is 58.4 Å². The highest BCUT2D eigenvalue weighted by Crippen LogP contribution is 2.42. The van der Waals surface area contributed by atoms with Gasteiger partial charge in [0.25, 0.3) is 11.8 Å². The van der Waals surface area contributed by atoms with E-state index in [4.69, 9.17) is 5.73 Å². The van der Waals surface area contributed by atoms with E-state index in [1.807, 2.05) is 0 Å². The van der Waals surface area contributed by atoms with Gasteiger partial charge in [0.05, 0.1) is 16.9 Å². The number of carbonyl (C=O) groups is 3. The molecule has 41 heavy (non-hydrogen) atoms. The van der Waals surface area contributed by atoms with Crippen LogP contribution in [0.25, 0.3) is 0 Å². The van der Waals surface area contributed by atoms with Crippen molar-refractivity contribution >= 4 is 27.7 Å². The summed E-state index contributed by atoms with van der Waals surface area (Å²) in [7, 11) is -3.72. The number of halogens is 3. The van der Waals surface area contributed by atoms with Gasteiger partial charge in [0, 0.05) is 43.7 Å². The van der Waals surface area contributed by atoms with E-state index in [1.165, 1.54) is 4.31 Å². The van der Waals surface area contributed by atoms with Crippen molar-refractivity contribution in [3.05, 3.63) is 70.5 Å².